The number of H-pyrrole nitrogens is 1. The van der Waals surface area contributed by atoms with Crippen molar-refractivity contribution in [2.45, 2.75) is 13.0 Å². The van der Waals surface area contributed by atoms with E-state index < -0.39 is 6.09 Å². The number of aromatic nitrogens is 3. The lowest BCUT2D eigenvalue weighted by molar-refractivity contribution is 0.202. The van der Waals surface area contributed by atoms with Crippen LogP contribution >= 0.6 is 0 Å². The number of nitrogens with zero attached hydrogens (tertiary/aromatic N) is 3. The zero-order chi connectivity index (χ0) is 21.8. The van der Waals surface area contributed by atoms with Gasteiger partial charge in [-0.3, -0.25) is 9.69 Å². The quantitative estimate of drug-likeness (QED) is 0.439. The van der Waals surface area contributed by atoms with Crippen LogP contribution in [0.2, 0.25) is 0 Å². The van der Waals surface area contributed by atoms with Gasteiger partial charge in [0.1, 0.15) is 11.3 Å². The Labute approximate surface area is 178 Å². The summed E-state index contributed by atoms with van der Waals surface area (Å²) in [6, 6.07) is 21.1. The van der Waals surface area contributed by atoms with E-state index in [0.717, 1.165) is 22.2 Å². The maximum Gasteiger partial charge on any atom is 0.413 e. The highest BCUT2D eigenvalue weighted by molar-refractivity contribution is 5.92. The van der Waals surface area contributed by atoms with Crippen LogP contribution in [0.4, 0.5) is 16.3 Å². The number of amides is 1. The van der Waals surface area contributed by atoms with Crippen molar-refractivity contribution < 1.29 is 9.90 Å². The Morgan fingerprint density at radius 1 is 1.10 bits per heavy atom. The average Bonchev–Trinajstić information content (AvgIpc) is 2.79. The summed E-state index contributed by atoms with van der Waals surface area (Å²) >= 11 is 0. The molecule has 2 aromatic carbocycles. The Balaban J connectivity index is 1.89. The Kier molecular flexibility index (Phi) is 5.61. The molecule has 0 saturated carbocycles. The molecule has 156 valence electrons. The molecule has 0 aliphatic rings. The minimum absolute atomic E-state index is 0.220. The molecule has 0 radical (unpaired) electrons. The molecular formula is C23H21N5O3. The highest BCUT2D eigenvalue weighted by Crippen LogP contribution is 2.31. The number of anilines is 2. The average molecular weight is 415 g/mol. The first-order valence-corrected chi connectivity index (χ1v) is 9.83. The van der Waals surface area contributed by atoms with Crippen molar-refractivity contribution in [3.8, 4) is 0 Å². The van der Waals surface area contributed by atoms with E-state index in [1.54, 1.807) is 13.0 Å². The normalized spacial score (nSPS) is 10.9. The van der Waals surface area contributed by atoms with Crippen LogP contribution in [0.3, 0.4) is 0 Å². The number of benzene rings is 2. The molecule has 8 nitrogen and oxygen atoms in total. The zero-order valence-corrected chi connectivity index (χ0v) is 16.8. The van der Waals surface area contributed by atoms with Crippen LogP contribution < -0.4 is 15.8 Å². The lowest BCUT2D eigenvalue weighted by atomic mass is 9.98. The van der Waals surface area contributed by atoms with Gasteiger partial charge in [0.2, 0.25) is 0 Å². The van der Waals surface area contributed by atoms with Gasteiger partial charge in [0.05, 0.1) is 17.9 Å². The number of carboxylic acid groups (broad SMARTS) is 1. The molecule has 0 aliphatic heterocycles. The van der Waals surface area contributed by atoms with Crippen molar-refractivity contribution >= 4 is 28.8 Å². The first-order chi connectivity index (χ1) is 15.1. The highest BCUT2D eigenvalue weighted by atomic mass is 16.4. The Morgan fingerprint density at radius 2 is 1.71 bits per heavy atom. The van der Waals surface area contributed by atoms with Gasteiger partial charge in [0.25, 0.3) is 5.56 Å². The summed E-state index contributed by atoms with van der Waals surface area (Å²) in [7, 11) is 0. The number of rotatable bonds is 6. The molecular weight excluding hydrogens is 394 g/mol. The summed E-state index contributed by atoms with van der Waals surface area (Å²) in [5.74, 6) is 0.226. The van der Waals surface area contributed by atoms with Gasteiger partial charge in [-0.05, 0) is 18.1 Å². The molecule has 3 N–H and O–H groups in total. The van der Waals surface area contributed by atoms with E-state index in [2.05, 4.69) is 20.3 Å². The van der Waals surface area contributed by atoms with Gasteiger partial charge in [-0.15, -0.1) is 0 Å². The van der Waals surface area contributed by atoms with Crippen LogP contribution in [0.5, 0.6) is 0 Å². The third-order valence-corrected chi connectivity index (χ3v) is 4.93. The van der Waals surface area contributed by atoms with Crippen LogP contribution in [-0.2, 0) is 0 Å². The van der Waals surface area contributed by atoms with Crippen molar-refractivity contribution in [1.82, 2.24) is 15.0 Å². The number of pyridine rings is 1. The molecule has 0 unspecified atom stereocenters. The topological polar surface area (TPSA) is 111 Å². The van der Waals surface area contributed by atoms with Gasteiger partial charge in [-0.2, -0.15) is 0 Å². The fourth-order valence-electron chi connectivity index (χ4n) is 3.46. The summed E-state index contributed by atoms with van der Waals surface area (Å²) in [6.45, 7) is 1.95. The van der Waals surface area contributed by atoms with Gasteiger partial charge in [-0.1, -0.05) is 60.7 Å². The second-order valence-electron chi connectivity index (χ2n) is 6.90. The number of fused-ring (bicyclic) bond motifs is 1. The highest BCUT2D eigenvalue weighted by Gasteiger charge is 2.20. The molecule has 2 aromatic heterocycles. The SMILES string of the molecule is CCN(C(=O)O)c1cc(NC(c2ccccc2)c2ccccc2)c2[nH]c(=O)cnc2n1. The predicted octanol–water partition coefficient (Wildman–Crippen LogP) is 4.02. The summed E-state index contributed by atoms with van der Waals surface area (Å²) < 4.78 is 0. The molecule has 0 spiro atoms. The first kappa shape index (κ1) is 20.1. The molecule has 4 rings (SSSR count). The molecule has 0 saturated heterocycles. The van der Waals surface area contributed by atoms with Crippen molar-refractivity contribution in [2.75, 3.05) is 16.8 Å². The largest absolute Gasteiger partial charge is 0.465 e. The monoisotopic (exact) mass is 415 g/mol. The van der Waals surface area contributed by atoms with Gasteiger partial charge >= 0.3 is 6.09 Å². The number of nitrogens with one attached hydrogen (secondary N) is 2. The van der Waals surface area contributed by atoms with Crippen molar-refractivity contribution in [3.63, 3.8) is 0 Å². The predicted molar refractivity (Wildman–Crippen MR) is 120 cm³/mol. The van der Waals surface area contributed by atoms with Crippen molar-refractivity contribution in [3.05, 3.63) is 94.4 Å². The van der Waals surface area contributed by atoms with Crippen molar-refractivity contribution in [1.29, 1.82) is 0 Å². The van der Waals surface area contributed by atoms with Gasteiger partial charge < -0.3 is 15.4 Å². The molecule has 31 heavy (non-hydrogen) atoms. The third kappa shape index (κ3) is 4.23. The van der Waals surface area contributed by atoms with Gasteiger partial charge in [-0.25, -0.2) is 14.8 Å². The number of carbonyl (C=O) groups is 1. The fourth-order valence-corrected chi connectivity index (χ4v) is 3.46. The van der Waals surface area contributed by atoms with E-state index in [-0.39, 0.29) is 29.6 Å². The van der Waals surface area contributed by atoms with Crippen molar-refractivity contribution in [2.24, 2.45) is 0 Å². The molecule has 0 fully saturated rings. The Morgan fingerprint density at radius 3 is 2.26 bits per heavy atom. The van der Waals surface area contributed by atoms with Gasteiger partial charge in [0, 0.05) is 12.6 Å². The van der Waals surface area contributed by atoms with Crippen LogP contribution in [0, 0.1) is 0 Å². The summed E-state index contributed by atoms with van der Waals surface area (Å²) in [4.78, 5) is 36.0. The second kappa shape index (κ2) is 8.66. The molecule has 0 aliphatic carbocycles. The lowest BCUT2D eigenvalue weighted by Crippen LogP contribution is -2.30. The van der Waals surface area contributed by atoms with Crippen LogP contribution in [-0.4, -0.2) is 32.7 Å². The molecule has 0 bridgehead atoms. The number of hydrogen-bond donors (Lipinski definition) is 3. The third-order valence-electron chi connectivity index (χ3n) is 4.93. The maximum absolute atomic E-state index is 12.0. The molecule has 4 aromatic rings. The first-order valence-electron chi connectivity index (χ1n) is 9.83. The standard InChI is InChI=1S/C23H21N5O3/c1-2-28(23(30)31)18-13-17(21-22(26-18)24-14-19(29)27-21)25-20(15-9-5-3-6-10-15)16-11-7-4-8-12-16/h3-14,20H,2H2,1H3,(H,27,29)(H,30,31)(H,24,25,26). The minimum atomic E-state index is -1.12. The lowest BCUT2D eigenvalue weighted by Gasteiger charge is -2.23. The second-order valence-corrected chi connectivity index (χ2v) is 6.90. The molecule has 1 amide bonds. The summed E-state index contributed by atoms with van der Waals surface area (Å²) in [5.41, 5.74) is 2.84. The van der Waals surface area contributed by atoms with E-state index >= 15 is 0 Å². The Hall–Kier alpha value is -4.20. The summed E-state index contributed by atoms with van der Waals surface area (Å²) in [6.07, 6.45) is 0.0126. The van der Waals surface area contributed by atoms with Crippen LogP contribution in [0.15, 0.2) is 77.7 Å². The Bertz CT molecular complexity index is 1220. The van der Waals surface area contributed by atoms with E-state index in [4.69, 9.17) is 0 Å². The molecule has 2 heterocycles. The molecule has 8 heteroatoms. The fraction of sp³-hybridized carbons (Fsp3) is 0.130. The maximum atomic E-state index is 12.0. The zero-order valence-electron chi connectivity index (χ0n) is 16.8. The van der Waals surface area contributed by atoms with E-state index in [1.807, 2.05) is 60.7 Å². The van der Waals surface area contributed by atoms with Crippen LogP contribution in [0.1, 0.15) is 24.1 Å². The molecule has 0 atom stereocenters. The van der Waals surface area contributed by atoms with Crippen LogP contribution in [0.25, 0.3) is 11.2 Å². The van der Waals surface area contributed by atoms with E-state index in [9.17, 15) is 14.7 Å². The smallest absolute Gasteiger partial charge is 0.413 e. The van der Waals surface area contributed by atoms with Gasteiger partial charge in [0.15, 0.2) is 5.65 Å². The minimum Gasteiger partial charge on any atom is -0.465 e. The summed E-state index contributed by atoms with van der Waals surface area (Å²) in [5, 5.41) is 13.0. The number of hydrogen-bond acceptors (Lipinski definition) is 5. The van der Waals surface area contributed by atoms with E-state index in [1.165, 1.54) is 0 Å². The number of aromatic amines is 1. The van der Waals surface area contributed by atoms with E-state index in [0.29, 0.717) is 11.2 Å².